The molecule has 3 aliphatic rings. The fraction of sp³-hybridized carbons (Fsp3) is 0.120. The van der Waals surface area contributed by atoms with Crippen LogP contribution >= 0.6 is 39.3 Å². The molecule has 0 nitrogen and oxygen atoms in total. The molecule has 0 aromatic heterocycles. The third-order valence-corrected chi connectivity index (χ3v) is 8.47. The summed E-state index contributed by atoms with van der Waals surface area (Å²) in [6, 6.07) is 22.0. The van der Waals surface area contributed by atoms with Crippen molar-refractivity contribution in [3.63, 3.8) is 0 Å². The zero-order chi connectivity index (χ0) is 18.9. The molecule has 0 saturated carbocycles. The first-order valence-corrected chi connectivity index (χ1v) is 11.5. The Balaban J connectivity index is 1.84. The SMILES string of the molecule is Clc1cc(Br)c2c(c1)C1(C3=C(CCC=C3)c3ccccc31)c1ccccc1S2. The molecule has 136 valence electrons. The molecule has 0 amide bonds. The Morgan fingerprint density at radius 3 is 2.61 bits per heavy atom. The molecule has 0 bridgehead atoms. The van der Waals surface area contributed by atoms with Crippen LogP contribution in [0.1, 0.15) is 35.1 Å². The lowest BCUT2D eigenvalue weighted by Crippen LogP contribution is -2.33. The zero-order valence-electron chi connectivity index (χ0n) is 15.0. The predicted molar refractivity (Wildman–Crippen MR) is 121 cm³/mol. The van der Waals surface area contributed by atoms with Gasteiger partial charge in [-0.2, -0.15) is 0 Å². The van der Waals surface area contributed by atoms with Gasteiger partial charge in [0.05, 0.1) is 5.41 Å². The molecule has 6 rings (SSSR count). The lowest BCUT2D eigenvalue weighted by atomic mass is 9.66. The van der Waals surface area contributed by atoms with Crippen LogP contribution in [-0.2, 0) is 5.41 Å². The molecule has 0 N–H and O–H groups in total. The average molecular weight is 464 g/mol. The normalized spacial score (nSPS) is 21.4. The first-order valence-electron chi connectivity index (χ1n) is 9.48. The summed E-state index contributed by atoms with van der Waals surface area (Å²) >= 11 is 12.2. The largest absolute Gasteiger partial charge is 0.0882 e. The minimum absolute atomic E-state index is 0.298. The summed E-state index contributed by atoms with van der Waals surface area (Å²) in [5, 5.41) is 0.774. The van der Waals surface area contributed by atoms with Gasteiger partial charge in [-0.25, -0.2) is 0 Å². The van der Waals surface area contributed by atoms with E-state index in [-0.39, 0.29) is 5.41 Å². The minimum Gasteiger partial charge on any atom is -0.0882 e. The van der Waals surface area contributed by atoms with Crippen LogP contribution in [0.2, 0.25) is 5.02 Å². The van der Waals surface area contributed by atoms with E-state index in [4.69, 9.17) is 11.6 Å². The Bertz CT molecular complexity index is 1220. The Morgan fingerprint density at radius 1 is 0.929 bits per heavy atom. The van der Waals surface area contributed by atoms with Crippen LogP contribution in [0.15, 0.2) is 92.7 Å². The molecule has 3 aromatic rings. The van der Waals surface area contributed by atoms with Crippen LogP contribution in [0.4, 0.5) is 0 Å². The van der Waals surface area contributed by atoms with E-state index in [1.54, 1.807) is 0 Å². The molecular formula is C25H16BrClS. The summed E-state index contributed by atoms with van der Waals surface area (Å²) in [7, 11) is 0. The van der Waals surface area contributed by atoms with Crippen LogP contribution in [0.25, 0.3) is 5.57 Å². The molecule has 0 saturated heterocycles. The van der Waals surface area contributed by atoms with Gasteiger partial charge < -0.3 is 0 Å². The van der Waals surface area contributed by atoms with E-state index >= 15 is 0 Å². The Hall–Kier alpha value is -1.74. The smallest absolute Gasteiger partial charge is 0.0732 e. The topological polar surface area (TPSA) is 0 Å². The number of allylic oxidation sites excluding steroid dienone is 4. The Kier molecular flexibility index (Phi) is 3.75. The lowest BCUT2D eigenvalue weighted by molar-refractivity contribution is 0.711. The van der Waals surface area contributed by atoms with Crippen LogP contribution in [-0.4, -0.2) is 0 Å². The molecule has 1 spiro atoms. The fourth-order valence-corrected chi connectivity index (χ4v) is 7.39. The van der Waals surface area contributed by atoms with Gasteiger partial charge in [-0.1, -0.05) is 78.0 Å². The lowest BCUT2D eigenvalue weighted by Gasteiger charge is -2.41. The summed E-state index contributed by atoms with van der Waals surface area (Å²) in [6.45, 7) is 0. The molecule has 3 heteroatoms. The summed E-state index contributed by atoms with van der Waals surface area (Å²) in [4.78, 5) is 2.59. The number of hydrogen-bond acceptors (Lipinski definition) is 1. The summed E-state index contributed by atoms with van der Waals surface area (Å²) in [6.07, 6.45) is 6.89. The second kappa shape index (κ2) is 6.13. The standard InChI is InChI=1S/C25H16BrClS/c26-22-14-15(27)13-21-24(22)28-23-12-6-5-11-20(23)25(21)18-9-3-1-7-16(18)17-8-2-4-10-19(17)25/h1,3-7,9-14H,2,8H2. The van der Waals surface area contributed by atoms with Crippen LogP contribution in [0, 0.1) is 0 Å². The molecule has 0 fully saturated rings. The molecule has 1 aliphatic heterocycles. The highest BCUT2D eigenvalue weighted by molar-refractivity contribution is 9.10. The number of benzene rings is 3. The first kappa shape index (κ1) is 17.1. The second-order valence-electron chi connectivity index (χ2n) is 7.49. The van der Waals surface area contributed by atoms with Gasteiger partial charge in [0.1, 0.15) is 0 Å². The van der Waals surface area contributed by atoms with E-state index in [0.29, 0.717) is 0 Å². The molecule has 1 atom stereocenters. The van der Waals surface area contributed by atoms with Crippen LogP contribution in [0.3, 0.4) is 0 Å². The third-order valence-electron chi connectivity index (χ3n) is 6.15. The van der Waals surface area contributed by atoms with Gasteiger partial charge in [0, 0.05) is 19.3 Å². The van der Waals surface area contributed by atoms with Crippen molar-refractivity contribution >= 4 is 44.9 Å². The van der Waals surface area contributed by atoms with Gasteiger partial charge in [0.15, 0.2) is 0 Å². The Labute approximate surface area is 182 Å². The highest BCUT2D eigenvalue weighted by Gasteiger charge is 2.51. The molecular weight excluding hydrogens is 448 g/mol. The highest BCUT2D eigenvalue weighted by Crippen LogP contribution is 2.63. The van der Waals surface area contributed by atoms with Gasteiger partial charge in [0.25, 0.3) is 0 Å². The van der Waals surface area contributed by atoms with Crippen LogP contribution in [0.5, 0.6) is 0 Å². The average Bonchev–Trinajstić information content (AvgIpc) is 3.01. The fourth-order valence-electron chi connectivity index (χ4n) is 5.16. The minimum atomic E-state index is -0.298. The third kappa shape index (κ3) is 2.09. The second-order valence-corrected chi connectivity index (χ2v) is 9.83. The van der Waals surface area contributed by atoms with E-state index in [0.717, 1.165) is 22.3 Å². The van der Waals surface area contributed by atoms with Crippen molar-refractivity contribution in [1.29, 1.82) is 0 Å². The van der Waals surface area contributed by atoms with E-state index in [1.807, 2.05) is 17.8 Å². The number of fused-ring (bicyclic) bond motifs is 8. The maximum Gasteiger partial charge on any atom is 0.0732 e. The van der Waals surface area contributed by atoms with Crippen molar-refractivity contribution in [2.45, 2.75) is 28.0 Å². The van der Waals surface area contributed by atoms with Gasteiger partial charge in [0.2, 0.25) is 0 Å². The molecule has 1 heterocycles. The molecule has 0 radical (unpaired) electrons. The zero-order valence-corrected chi connectivity index (χ0v) is 18.2. The van der Waals surface area contributed by atoms with Gasteiger partial charge in [-0.3, -0.25) is 0 Å². The van der Waals surface area contributed by atoms with Crippen molar-refractivity contribution in [2.24, 2.45) is 0 Å². The Morgan fingerprint density at radius 2 is 1.71 bits per heavy atom. The van der Waals surface area contributed by atoms with E-state index < -0.39 is 0 Å². The van der Waals surface area contributed by atoms with Crippen molar-refractivity contribution in [2.75, 3.05) is 0 Å². The van der Waals surface area contributed by atoms with E-state index in [9.17, 15) is 0 Å². The van der Waals surface area contributed by atoms with Gasteiger partial charge >= 0.3 is 0 Å². The van der Waals surface area contributed by atoms with Crippen LogP contribution < -0.4 is 0 Å². The molecule has 28 heavy (non-hydrogen) atoms. The molecule has 2 aliphatic carbocycles. The first-order chi connectivity index (χ1) is 13.7. The summed E-state index contributed by atoms with van der Waals surface area (Å²) in [5.74, 6) is 0. The predicted octanol–water partition coefficient (Wildman–Crippen LogP) is 8.02. The maximum atomic E-state index is 6.60. The molecule has 1 unspecified atom stereocenters. The number of rotatable bonds is 0. The highest BCUT2D eigenvalue weighted by atomic mass is 79.9. The maximum absolute atomic E-state index is 6.60. The number of hydrogen-bond donors (Lipinski definition) is 0. The van der Waals surface area contributed by atoms with E-state index in [2.05, 4.69) is 82.7 Å². The quantitative estimate of drug-likeness (QED) is 0.325. The summed E-state index contributed by atoms with van der Waals surface area (Å²) < 4.78 is 1.07. The van der Waals surface area contributed by atoms with Gasteiger partial charge in [-0.15, -0.1) is 0 Å². The molecule has 3 aromatic carbocycles. The van der Waals surface area contributed by atoms with Crippen molar-refractivity contribution in [3.05, 3.63) is 110 Å². The number of halogens is 2. The monoisotopic (exact) mass is 462 g/mol. The van der Waals surface area contributed by atoms with Crippen molar-refractivity contribution < 1.29 is 0 Å². The van der Waals surface area contributed by atoms with Gasteiger partial charge in [-0.05, 0) is 80.4 Å². The van der Waals surface area contributed by atoms with Crippen molar-refractivity contribution in [1.82, 2.24) is 0 Å². The van der Waals surface area contributed by atoms with Crippen molar-refractivity contribution in [3.8, 4) is 0 Å². The van der Waals surface area contributed by atoms with E-state index in [1.165, 1.54) is 43.2 Å². The summed E-state index contributed by atoms with van der Waals surface area (Å²) in [5.41, 5.74) is 8.04.